The summed E-state index contributed by atoms with van der Waals surface area (Å²) in [6.45, 7) is 9.05. The maximum absolute atomic E-state index is 13.1. The summed E-state index contributed by atoms with van der Waals surface area (Å²) in [5, 5.41) is 0. The zero-order chi connectivity index (χ0) is 20.8. The molecule has 2 aliphatic rings. The predicted octanol–water partition coefficient (Wildman–Crippen LogP) is 3.65. The molecular weight excluding hydrogens is 374 g/mol. The molecule has 0 N–H and O–H groups in total. The van der Waals surface area contributed by atoms with Crippen molar-refractivity contribution in [1.82, 2.24) is 9.80 Å². The van der Waals surface area contributed by atoms with Crippen LogP contribution in [0, 0.1) is 5.92 Å². The monoisotopic (exact) mass is 407 g/mol. The molecule has 0 unspecified atom stereocenters. The Balaban J connectivity index is 1.25. The molecule has 2 saturated heterocycles. The molecule has 2 fully saturated rings. The average molecular weight is 408 g/mol. The third-order valence-corrected chi connectivity index (χ3v) is 6.32. The van der Waals surface area contributed by atoms with Crippen LogP contribution >= 0.6 is 0 Å². The number of benzene rings is 2. The lowest BCUT2D eigenvalue weighted by atomic mass is 9.94. The van der Waals surface area contributed by atoms with E-state index in [1.807, 2.05) is 25.1 Å². The summed E-state index contributed by atoms with van der Waals surface area (Å²) in [6, 6.07) is 18.8. The fourth-order valence-electron chi connectivity index (χ4n) is 4.59. The van der Waals surface area contributed by atoms with Crippen molar-refractivity contribution in [2.75, 3.05) is 50.8 Å². The van der Waals surface area contributed by atoms with Crippen LogP contribution in [0.25, 0.3) is 0 Å². The summed E-state index contributed by atoms with van der Waals surface area (Å²) < 4.78 is 5.77. The smallest absolute Gasteiger partial charge is 0.225 e. The van der Waals surface area contributed by atoms with Crippen molar-refractivity contribution in [2.24, 2.45) is 5.92 Å². The molecule has 30 heavy (non-hydrogen) atoms. The summed E-state index contributed by atoms with van der Waals surface area (Å²) >= 11 is 0. The van der Waals surface area contributed by atoms with Gasteiger partial charge >= 0.3 is 0 Å². The van der Waals surface area contributed by atoms with Crippen LogP contribution in [0.5, 0.6) is 5.75 Å². The molecule has 5 heteroatoms. The van der Waals surface area contributed by atoms with Crippen molar-refractivity contribution in [3.63, 3.8) is 0 Å². The van der Waals surface area contributed by atoms with Crippen molar-refractivity contribution < 1.29 is 9.53 Å². The normalized spacial score (nSPS) is 18.4. The summed E-state index contributed by atoms with van der Waals surface area (Å²) in [6.07, 6.45) is 1.91. The van der Waals surface area contributed by atoms with Gasteiger partial charge in [-0.05, 0) is 51.1 Å². The van der Waals surface area contributed by atoms with Gasteiger partial charge < -0.3 is 14.5 Å². The van der Waals surface area contributed by atoms with E-state index in [1.165, 1.54) is 11.3 Å². The highest BCUT2D eigenvalue weighted by atomic mass is 16.5. The topological polar surface area (TPSA) is 36.0 Å². The molecule has 0 radical (unpaired) electrons. The zero-order valence-electron chi connectivity index (χ0n) is 18.0. The van der Waals surface area contributed by atoms with Gasteiger partial charge in [0, 0.05) is 49.9 Å². The second-order valence-corrected chi connectivity index (χ2v) is 8.24. The minimum Gasteiger partial charge on any atom is -0.494 e. The van der Waals surface area contributed by atoms with Gasteiger partial charge in [-0.2, -0.15) is 0 Å². The number of nitrogens with zero attached hydrogens (tertiary/aromatic N) is 3. The SMILES string of the molecule is CCOc1ccccc1CN1CCC(C(=O)N2CCN(c3ccccc3)CC2)CC1. The molecule has 4 rings (SSSR count). The van der Waals surface area contributed by atoms with Crippen molar-refractivity contribution in [2.45, 2.75) is 26.3 Å². The van der Waals surface area contributed by atoms with Gasteiger partial charge in [-0.15, -0.1) is 0 Å². The molecule has 160 valence electrons. The quantitative estimate of drug-likeness (QED) is 0.732. The van der Waals surface area contributed by atoms with E-state index in [1.54, 1.807) is 0 Å². The van der Waals surface area contributed by atoms with Crippen LogP contribution in [0.2, 0.25) is 0 Å². The van der Waals surface area contributed by atoms with Gasteiger partial charge in [-0.25, -0.2) is 0 Å². The van der Waals surface area contributed by atoms with E-state index in [0.29, 0.717) is 12.5 Å². The lowest BCUT2D eigenvalue weighted by Crippen LogP contribution is -2.51. The van der Waals surface area contributed by atoms with E-state index >= 15 is 0 Å². The van der Waals surface area contributed by atoms with Gasteiger partial charge in [0.25, 0.3) is 0 Å². The Labute approximate surface area is 180 Å². The number of amides is 1. The minimum absolute atomic E-state index is 0.173. The fraction of sp³-hybridized carbons (Fsp3) is 0.480. The van der Waals surface area contributed by atoms with Gasteiger partial charge in [-0.3, -0.25) is 9.69 Å². The van der Waals surface area contributed by atoms with Crippen LogP contribution in [-0.4, -0.2) is 61.6 Å². The maximum Gasteiger partial charge on any atom is 0.225 e. The molecule has 2 aliphatic heterocycles. The number of piperidine rings is 1. The van der Waals surface area contributed by atoms with Gasteiger partial charge in [0.05, 0.1) is 6.61 Å². The minimum atomic E-state index is 0.173. The average Bonchev–Trinajstić information content (AvgIpc) is 2.81. The maximum atomic E-state index is 13.1. The molecule has 0 aliphatic carbocycles. The van der Waals surface area contributed by atoms with E-state index in [4.69, 9.17) is 4.74 Å². The zero-order valence-corrected chi connectivity index (χ0v) is 18.0. The Morgan fingerprint density at radius 2 is 1.57 bits per heavy atom. The first-order valence-corrected chi connectivity index (χ1v) is 11.3. The Hall–Kier alpha value is -2.53. The van der Waals surface area contributed by atoms with Gasteiger partial charge in [0.1, 0.15) is 5.75 Å². The highest BCUT2D eigenvalue weighted by Gasteiger charge is 2.30. The van der Waals surface area contributed by atoms with E-state index in [9.17, 15) is 4.79 Å². The number of carbonyl (C=O) groups excluding carboxylic acids is 1. The van der Waals surface area contributed by atoms with Crippen molar-refractivity contribution in [1.29, 1.82) is 0 Å². The number of rotatable bonds is 6. The van der Waals surface area contributed by atoms with Gasteiger partial charge in [0.15, 0.2) is 0 Å². The molecule has 2 heterocycles. The summed E-state index contributed by atoms with van der Waals surface area (Å²) in [5.41, 5.74) is 2.49. The van der Waals surface area contributed by atoms with Crippen molar-refractivity contribution in [3.05, 3.63) is 60.2 Å². The number of carbonyl (C=O) groups is 1. The van der Waals surface area contributed by atoms with Crippen LogP contribution < -0.4 is 9.64 Å². The van der Waals surface area contributed by atoms with Crippen LogP contribution in [0.15, 0.2) is 54.6 Å². The molecule has 2 aromatic rings. The largest absolute Gasteiger partial charge is 0.494 e. The highest BCUT2D eigenvalue weighted by Crippen LogP contribution is 2.25. The van der Waals surface area contributed by atoms with Crippen molar-refractivity contribution >= 4 is 11.6 Å². The third-order valence-electron chi connectivity index (χ3n) is 6.32. The fourth-order valence-corrected chi connectivity index (χ4v) is 4.59. The molecule has 2 aromatic carbocycles. The number of para-hydroxylation sites is 2. The summed E-state index contributed by atoms with van der Waals surface area (Å²) in [4.78, 5) is 20.0. The van der Waals surface area contributed by atoms with E-state index in [2.05, 4.69) is 51.1 Å². The number of ether oxygens (including phenoxy) is 1. The van der Waals surface area contributed by atoms with Crippen LogP contribution in [0.1, 0.15) is 25.3 Å². The van der Waals surface area contributed by atoms with E-state index in [0.717, 1.165) is 64.4 Å². The lowest BCUT2D eigenvalue weighted by molar-refractivity contribution is -0.137. The van der Waals surface area contributed by atoms with Gasteiger partial charge in [-0.1, -0.05) is 36.4 Å². The second-order valence-electron chi connectivity index (χ2n) is 8.24. The Morgan fingerprint density at radius 3 is 2.27 bits per heavy atom. The highest BCUT2D eigenvalue weighted by molar-refractivity contribution is 5.79. The number of anilines is 1. The first-order chi connectivity index (χ1) is 14.7. The van der Waals surface area contributed by atoms with Crippen LogP contribution in [0.3, 0.4) is 0 Å². The first-order valence-electron chi connectivity index (χ1n) is 11.3. The molecule has 0 aromatic heterocycles. The summed E-state index contributed by atoms with van der Waals surface area (Å²) in [5.74, 6) is 1.51. The van der Waals surface area contributed by atoms with Crippen LogP contribution in [-0.2, 0) is 11.3 Å². The second kappa shape index (κ2) is 9.98. The number of hydrogen-bond donors (Lipinski definition) is 0. The number of piperazine rings is 1. The molecule has 5 nitrogen and oxygen atoms in total. The molecule has 0 spiro atoms. The number of likely N-dealkylation sites (tertiary alicyclic amines) is 1. The Kier molecular flexibility index (Phi) is 6.90. The Bertz CT molecular complexity index is 810. The first kappa shape index (κ1) is 20.7. The van der Waals surface area contributed by atoms with Crippen molar-refractivity contribution in [3.8, 4) is 5.75 Å². The van der Waals surface area contributed by atoms with E-state index in [-0.39, 0.29) is 5.92 Å². The third kappa shape index (κ3) is 4.96. The van der Waals surface area contributed by atoms with Crippen LogP contribution in [0.4, 0.5) is 5.69 Å². The molecule has 0 bridgehead atoms. The standard InChI is InChI=1S/C25H33N3O2/c1-2-30-24-11-7-6-8-22(24)20-26-14-12-21(13-15-26)25(29)28-18-16-27(17-19-28)23-9-4-3-5-10-23/h3-11,21H,2,12-20H2,1H3. The lowest BCUT2D eigenvalue weighted by Gasteiger charge is -2.39. The molecule has 0 saturated carbocycles. The molecule has 0 atom stereocenters. The Morgan fingerprint density at radius 1 is 0.900 bits per heavy atom. The molecule has 1 amide bonds. The number of hydrogen-bond acceptors (Lipinski definition) is 4. The summed E-state index contributed by atoms with van der Waals surface area (Å²) in [7, 11) is 0. The van der Waals surface area contributed by atoms with E-state index < -0.39 is 0 Å². The van der Waals surface area contributed by atoms with Gasteiger partial charge in [0.2, 0.25) is 5.91 Å². The molecular formula is C25H33N3O2. The predicted molar refractivity (Wildman–Crippen MR) is 121 cm³/mol.